The van der Waals surface area contributed by atoms with Crippen LogP contribution in [0.5, 0.6) is 0 Å². The third kappa shape index (κ3) is 4.92. The first kappa shape index (κ1) is 14.9. The van der Waals surface area contributed by atoms with Crippen LogP contribution in [-0.2, 0) is 4.74 Å². The van der Waals surface area contributed by atoms with Gasteiger partial charge in [-0.15, -0.1) is 0 Å². The molecule has 0 radical (unpaired) electrons. The lowest BCUT2D eigenvalue weighted by Crippen LogP contribution is -2.27. The Hall–Kier alpha value is -2.15. The third-order valence-corrected chi connectivity index (χ3v) is 1.96. The monoisotopic (exact) mass is 266 g/mol. The summed E-state index contributed by atoms with van der Waals surface area (Å²) in [5.41, 5.74) is 0.0397. The van der Waals surface area contributed by atoms with Crippen LogP contribution in [0, 0.1) is 5.41 Å². The minimum absolute atomic E-state index is 0.261. The topological polar surface area (TPSA) is 107 Å². The van der Waals surface area contributed by atoms with E-state index in [0.29, 0.717) is 11.5 Å². The zero-order chi connectivity index (χ0) is 14.5. The molecular formula is C12H18N4O3. The van der Waals surface area contributed by atoms with Crippen LogP contribution in [0.25, 0.3) is 0 Å². The molecule has 4 N–H and O–H groups in total. The molecule has 1 aromatic heterocycles. The Balaban J connectivity index is 2.83. The summed E-state index contributed by atoms with van der Waals surface area (Å²) < 4.78 is 5.11. The minimum Gasteiger partial charge on any atom is -0.444 e. The first-order chi connectivity index (χ1) is 8.85. The fourth-order valence-corrected chi connectivity index (χ4v) is 1.28. The van der Waals surface area contributed by atoms with E-state index in [1.165, 1.54) is 0 Å². The van der Waals surface area contributed by atoms with Gasteiger partial charge in [0.15, 0.2) is 0 Å². The van der Waals surface area contributed by atoms with Crippen LogP contribution in [0.15, 0.2) is 12.1 Å². The molecule has 7 nitrogen and oxygen atoms in total. The maximum atomic E-state index is 11.6. The van der Waals surface area contributed by atoms with Crippen molar-refractivity contribution in [2.24, 2.45) is 0 Å². The van der Waals surface area contributed by atoms with Gasteiger partial charge in [-0.2, -0.15) is 0 Å². The maximum Gasteiger partial charge on any atom is 0.412 e. The molecule has 1 heterocycles. The van der Waals surface area contributed by atoms with Crippen molar-refractivity contribution in [2.45, 2.75) is 26.4 Å². The summed E-state index contributed by atoms with van der Waals surface area (Å²) in [5.74, 6) is 0.413. The van der Waals surface area contributed by atoms with Crippen LogP contribution in [0.3, 0.4) is 0 Å². The van der Waals surface area contributed by atoms with Crippen molar-refractivity contribution < 1.29 is 14.6 Å². The number of nitrogens with zero attached hydrogens (tertiary/aromatic N) is 1. The van der Waals surface area contributed by atoms with E-state index >= 15 is 0 Å². The molecule has 0 aliphatic rings. The second kappa shape index (κ2) is 6.14. The number of hydrogen-bond acceptors (Lipinski definition) is 6. The fraction of sp³-hybridized carbons (Fsp3) is 0.417. The number of anilines is 2. The summed E-state index contributed by atoms with van der Waals surface area (Å²) >= 11 is 0. The Kier molecular flexibility index (Phi) is 4.82. The highest BCUT2D eigenvalue weighted by Gasteiger charge is 2.17. The minimum atomic E-state index is -0.611. The number of rotatable bonds is 4. The molecule has 0 unspecified atom stereocenters. The van der Waals surface area contributed by atoms with E-state index in [4.69, 9.17) is 15.3 Å². The van der Waals surface area contributed by atoms with Crippen LogP contribution in [-0.4, -0.2) is 34.7 Å². The van der Waals surface area contributed by atoms with Crippen LogP contribution in [0.4, 0.5) is 16.3 Å². The SMILES string of the molecule is CC(C)(C)OC(=O)Nc1ccc(NCO)nc1C=N. The molecule has 0 aliphatic heterocycles. The summed E-state index contributed by atoms with van der Waals surface area (Å²) in [6.07, 6.45) is 0.398. The predicted octanol–water partition coefficient (Wildman–Crippen LogP) is 1.79. The van der Waals surface area contributed by atoms with Gasteiger partial charge in [0.2, 0.25) is 0 Å². The van der Waals surface area contributed by atoms with Crippen molar-refractivity contribution >= 4 is 23.8 Å². The lowest BCUT2D eigenvalue weighted by atomic mass is 10.2. The van der Waals surface area contributed by atoms with Crippen molar-refractivity contribution in [3.05, 3.63) is 17.8 Å². The van der Waals surface area contributed by atoms with Gasteiger partial charge in [-0.3, -0.25) is 5.32 Å². The number of carbonyl (C=O) groups is 1. The first-order valence-electron chi connectivity index (χ1n) is 5.72. The van der Waals surface area contributed by atoms with Crippen molar-refractivity contribution in [3.63, 3.8) is 0 Å². The first-order valence-corrected chi connectivity index (χ1v) is 5.72. The Bertz CT molecular complexity index is 469. The largest absolute Gasteiger partial charge is 0.444 e. The molecule has 7 heteroatoms. The standard InChI is InChI=1S/C12H18N4O3/c1-12(2,3)19-11(18)16-8-4-5-10(14-7-17)15-9(8)6-13/h4-6,13,17H,7H2,1-3H3,(H,14,15)(H,16,18). The van der Waals surface area contributed by atoms with Gasteiger partial charge in [-0.05, 0) is 32.9 Å². The summed E-state index contributed by atoms with van der Waals surface area (Å²) in [4.78, 5) is 15.7. The third-order valence-electron chi connectivity index (χ3n) is 1.96. The maximum absolute atomic E-state index is 11.6. The van der Waals surface area contributed by atoms with Gasteiger partial charge < -0.3 is 20.6 Å². The molecule has 0 saturated heterocycles. The number of carbonyl (C=O) groups excluding carboxylic acids is 1. The molecule has 1 rings (SSSR count). The highest BCUT2D eigenvalue weighted by Crippen LogP contribution is 2.16. The number of aliphatic hydroxyl groups excluding tert-OH is 1. The Morgan fingerprint density at radius 3 is 2.74 bits per heavy atom. The van der Waals surface area contributed by atoms with Crippen LogP contribution < -0.4 is 10.6 Å². The Morgan fingerprint density at radius 2 is 2.21 bits per heavy atom. The van der Waals surface area contributed by atoms with Crippen molar-refractivity contribution in [1.82, 2.24) is 4.98 Å². The lowest BCUT2D eigenvalue weighted by molar-refractivity contribution is 0.0636. The molecule has 1 amide bonds. The smallest absolute Gasteiger partial charge is 0.412 e. The molecule has 0 saturated carbocycles. The molecule has 1 aromatic rings. The highest BCUT2D eigenvalue weighted by atomic mass is 16.6. The van der Waals surface area contributed by atoms with Gasteiger partial charge in [-0.1, -0.05) is 0 Å². The molecule has 0 atom stereocenters. The van der Waals surface area contributed by atoms with E-state index in [9.17, 15) is 4.79 Å². The van der Waals surface area contributed by atoms with Gasteiger partial charge >= 0.3 is 6.09 Å². The number of aliphatic hydroxyl groups is 1. The summed E-state index contributed by atoms with van der Waals surface area (Å²) in [7, 11) is 0. The van der Waals surface area contributed by atoms with E-state index < -0.39 is 11.7 Å². The fourth-order valence-electron chi connectivity index (χ4n) is 1.28. The number of amides is 1. The average Bonchev–Trinajstić information content (AvgIpc) is 2.29. The van der Waals surface area contributed by atoms with E-state index in [2.05, 4.69) is 15.6 Å². The van der Waals surface area contributed by atoms with E-state index in [1.54, 1.807) is 32.9 Å². The van der Waals surface area contributed by atoms with Gasteiger partial charge in [-0.25, -0.2) is 9.78 Å². The van der Waals surface area contributed by atoms with Crippen molar-refractivity contribution in [3.8, 4) is 0 Å². The van der Waals surface area contributed by atoms with Crippen LogP contribution in [0.2, 0.25) is 0 Å². The van der Waals surface area contributed by atoms with Crippen molar-refractivity contribution in [2.75, 3.05) is 17.4 Å². The Labute approximate surface area is 111 Å². The molecular weight excluding hydrogens is 248 g/mol. The van der Waals surface area contributed by atoms with Crippen molar-refractivity contribution in [1.29, 1.82) is 5.41 Å². The number of aromatic nitrogens is 1. The summed E-state index contributed by atoms with van der Waals surface area (Å²) in [6, 6.07) is 3.16. The van der Waals surface area contributed by atoms with Gasteiger partial charge in [0.05, 0.1) is 5.69 Å². The zero-order valence-corrected chi connectivity index (χ0v) is 11.2. The summed E-state index contributed by atoms with van der Waals surface area (Å²) in [5, 5.41) is 21.1. The molecule has 0 bridgehead atoms. The number of nitrogens with one attached hydrogen (secondary N) is 3. The molecule has 0 fully saturated rings. The normalized spacial score (nSPS) is 10.7. The Morgan fingerprint density at radius 1 is 1.53 bits per heavy atom. The molecule has 19 heavy (non-hydrogen) atoms. The molecule has 0 spiro atoms. The number of ether oxygens (including phenoxy) is 1. The quantitative estimate of drug-likeness (QED) is 0.491. The van der Waals surface area contributed by atoms with E-state index in [1.807, 2.05) is 0 Å². The van der Waals surface area contributed by atoms with Gasteiger partial charge in [0.1, 0.15) is 23.8 Å². The summed E-state index contributed by atoms with van der Waals surface area (Å²) in [6.45, 7) is 5.02. The van der Waals surface area contributed by atoms with Crippen LogP contribution >= 0.6 is 0 Å². The van der Waals surface area contributed by atoms with Gasteiger partial charge in [0.25, 0.3) is 0 Å². The van der Waals surface area contributed by atoms with E-state index in [-0.39, 0.29) is 12.4 Å². The number of pyridine rings is 1. The second-order valence-electron chi connectivity index (χ2n) is 4.74. The predicted molar refractivity (Wildman–Crippen MR) is 72.7 cm³/mol. The average molecular weight is 266 g/mol. The molecule has 0 aromatic carbocycles. The molecule has 104 valence electrons. The highest BCUT2D eigenvalue weighted by molar-refractivity contribution is 5.92. The number of hydrogen-bond donors (Lipinski definition) is 4. The lowest BCUT2D eigenvalue weighted by Gasteiger charge is -2.20. The van der Waals surface area contributed by atoms with E-state index in [0.717, 1.165) is 6.21 Å². The van der Waals surface area contributed by atoms with Crippen LogP contribution in [0.1, 0.15) is 26.5 Å². The zero-order valence-electron chi connectivity index (χ0n) is 11.2. The second-order valence-corrected chi connectivity index (χ2v) is 4.74. The molecule has 0 aliphatic carbocycles. The van der Waals surface area contributed by atoms with Gasteiger partial charge in [0, 0.05) is 6.21 Å².